The number of benzene rings is 1. The Kier molecular flexibility index (Phi) is 10.4. The summed E-state index contributed by atoms with van der Waals surface area (Å²) in [7, 11) is 0. The fourth-order valence-corrected chi connectivity index (χ4v) is 2.67. The monoisotopic (exact) mass is 452 g/mol. The van der Waals surface area contributed by atoms with Crippen molar-refractivity contribution in [1.29, 1.82) is 0 Å². The van der Waals surface area contributed by atoms with Crippen LogP contribution in [0.2, 0.25) is 0 Å². The standard InChI is InChI=1S/C19H28N6O7/c20-12(9-15(27)28)16(29)24-13(2-1-7-23-19(21)22)17(30)25-14(18(31)32)8-10-3-5-11(26)6-4-10/h3-6,12-14,26H,1-2,7-9,20H2,(H,24,29)(H,25,30)(H,27,28)(H,31,32)(H4,21,22,23). The topological polar surface area (TPSA) is 243 Å². The Bertz CT molecular complexity index is 839. The Morgan fingerprint density at radius 3 is 2.09 bits per heavy atom. The molecule has 0 aliphatic rings. The highest BCUT2D eigenvalue weighted by molar-refractivity contribution is 5.93. The summed E-state index contributed by atoms with van der Waals surface area (Å²) in [5, 5.41) is 32.3. The van der Waals surface area contributed by atoms with Gasteiger partial charge in [0.2, 0.25) is 11.8 Å². The number of guanidine groups is 1. The van der Waals surface area contributed by atoms with Gasteiger partial charge >= 0.3 is 11.9 Å². The number of carboxylic acids is 2. The van der Waals surface area contributed by atoms with E-state index in [-0.39, 0.29) is 37.5 Å². The number of hydrogen-bond donors (Lipinski definition) is 8. The first-order valence-corrected chi connectivity index (χ1v) is 9.63. The third-order valence-electron chi connectivity index (χ3n) is 4.30. The zero-order valence-corrected chi connectivity index (χ0v) is 17.2. The van der Waals surface area contributed by atoms with E-state index in [1.807, 2.05) is 0 Å². The molecule has 0 saturated carbocycles. The van der Waals surface area contributed by atoms with E-state index in [1.54, 1.807) is 0 Å². The zero-order chi connectivity index (χ0) is 24.3. The largest absolute Gasteiger partial charge is 0.508 e. The molecule has 0 aliphatic heterocycles. The minimum absolute atomic E-state index is 0.00547. The molecule has 0 bridgehead atoms. The van der Waals surface area contributed by atoms with E-state index in [1.165, 1.54) is 24.3 Å². The van der Waals surface area contributed by atoms with E-state index in [4.69, 9.17) is 22.3 Å². The Labute approximate surface area is 183 Å². The average Bonchev–Trinajstić information content (AvgIpc) is 2.70. The predicted molar refractivity (Wildman–Crippen MR) is 113 cm³/mol. The molecule has 0 saturated heterocycles. The number of nitrogens with one attached hydrogen (secondary N) is 2. The lowest BCUT2D eigenvalue weighted by molar-refractivity contribution is -0.142. The Balaban J connectivity index is 2.90. The molecule has 3 unspecified atom stereocenters. The van der Waals surface area contributed by atoms with E-state index >= 15 is 0 Å². The summed E-state index contributed by atoms with van der Waals surface area (Å²) in [6.07, 6.45) is -0.416. The SMILES string of the molecule is NC(N)=NCCCC(NC(=O)C(N)CC(=O)O)C(=O)NC(Cc1ccc(O)cc1)C(=O)O. The van der Waals surface area contributed by atoms with Gasteiger partial charge in [-0.1, -0.05) is 12.1 Å². The third-order valence-corrected chi connectivity index (χ3v) is 4.30. The van der Waals surface area contributed by atoms with Gasteiger partial charge in [0.05, 0.1) is 12.5 Å². The van der Waals surface area contributed by atoms with Gasteiger partial charge < -0.3 is 43.2 Å². The second-order valence-electron chi connectivity index (χ2n) is 6.98. The maximum absolute atomic E-state index is 12.7. The number of carbonyl (C=O) groups excluding carboxylic acids is 2. The summed E-state index contributed by atoms with van der Waals surface area (Å²) in [6.45, 7) is 0.152. The van der Waals surface area contributed by atoms with Crippen LogP contribution in [0.4, 0.5) is 0 Å². The number of nitrogens with zero attached hydrogens (tertiary/aromatic N) is 1. The molecule has 0 spiro atoms. The molecule has 2 amide bonds. The first-order chi connectivity index (χ1) is 15.0. The molecule has 13 nitrogen and oxygen atoms in total. The average molecular weight is 452 g/mol. The molecule has 3 atom stereocenters. The van der Waals surface area contributed by atoms with Crippen molar-refractivity contribution in [2.24, 2.45) is 22.2 Å². The summed E-state index contributed by atoms with van der Waals surface area (Å²) < 4.78 is 0. The number of phenolic OH excluding ortho intramolecular Hbond substituents is 1. The molecular weight excluding hydrogens is 424 g/mol. The van der Waals surface area contributed by atoms with Crippen LogP contribution in [0.25, 0.3) is 0 Å². The molecule has 1 aromatic rings. The first kappa shape index (κ1) is 26.2. The maximum Gasteiger partial charge on any atom is 0.326 e. The second-order valence-corrected chi connectivity index (χ2v) is 6.98. The summed E-state index contributed by atoms with van der Waals surface area (Å²) in [6, 6.07) is 1.87. The van der Waals surface area contributed by atoms with Crippen LogP contribution in [0.3, 0.4) is 0 Å². The maximum atomic E-state index is 12.7. The van der Waals surface area contributed by atoms with Gasteiger partial charge in [-0.25, -0.2) is 4.79 Å². The van der Waals surface area contributed by atoms with Gasteiger partial charge in [0, 0.05) is 13.0 Å². The van der Waals surface area contributed by atoms with Gasteiger partial charge in [-0.2, -0.15) is 0 Å². The molecule has 0 radical (unpaired) electrons. The van der Waals surface area contributed by atoms with Crippen molar-refractivity contribution in [3.05, 3.63) is 29.8 Å². The normalized spacial score (nSPS) is 13.3. The summed E-state index contributed by atoms with van der Waals surface area (Å²) in [4.78, 5) is 51.1. The molecule has 0 aliphatic carbocycles. The zero-order valence-electron chi connectivity index (χ0n) is 17.2. The number of nitrogens with two attached hydrogens (primary N) is 3. The van der Waals surface area contributed by atoms with Gasteiger partial charge in [-0.15, -0.1) is 0 Å². The lowest BCUT2D eigenvalue weighted by Gasteiger charge is -2.22. The fraction of sp³-hybridized carbons (Fsp3) is 0.421. The summed E-state index contributed by atoms with van der Waals surface area (Å²) >= 11 is 0. The van der Waals surface area contributed by atoms with Crippen LogP contribution in [0.5, 0.6) is 5.75 Å². The van der Waals surface area contributed by atoms with Crippen molar-refractivity contribution in [3.63, 3.8) is 0 Å². The van der Waals surface area contributed by atoms with E-state index < -0.39 is 48.3 Å². The molecular formula is C19H28N6O7. The van der Waals surface area contributed by atoms with Gasteiger partial charge in [0.15, 0.2) is 5.96 Å². The molecule has 0 heterocycles. The summed E-state index contributed by atoms with van der Waals surface area (Å²) in [5.41, 5.74) is 16.6. The summed E-state index contributed by atoms with van der Waals surface area (Å²) in [5.74, 6) is -4.42. The number of phenols is 1. The minimum Gasteiger partial charge on any atom is -0.508 e. The smallest absolute Gasteiger partial charge is 0.326 e. The molecule has 0 aromatic heterocycles. The number of rotatable bonds is 13. The van der Waals surface area contributed by atoms with Crippen LogP contribution in [0.15, 0.2) is 29.3 Å². The fourth-order valence-electron chi connectivity index (χ4n) is 2.67. The van der Waals surface area contributed by atoms with Crippen molar-refractivity contribution in [2.75, 3.05) is 6.54 Å². The van der Waals surface area contributed by atoms with Crippen molar-refractivity contribution >= 4 is 29.7 Å². The first-order valence-electron chi connectivity index (χ1n) is 9.63. The predicted octanol–water partition coefficient (Wildman–Crippen LogP) is -2.16. The third kappa shape index (κ3) is 9.75. The van der Waals surface area contributed by atoms with Gasteiger partial charge in [-0.3, -0.25) is 19.4 Å². The van der Waals surface area contributed by atoms with Gasteiger partial charge in [0.25, 0.3) is 0 Å². The molecule has 1 rings (SSSR count). The van der Waals surface area contributed by atoms with Crippen molar-refractivity contribution in [1.82, 2.24) is 10.6 Å². The molecule has 13 heteroatoms. The lowest BCUT2D eigenvalue weighted by atomic mass is 10.0. The van der Waals surface area contributed by atoms with E-state index in [0.29, 0.717) is 5.56 Å². The van der Waals surface area contributed by atoms with Crippen molar-refractivity contribution in [3.8, 4) is 5.75 Å². The van der Waals surface area contributed by atoms with Crippen molar-refractivity contribution in [2.45, 2.75) is 43.8 Å². The van der Waals surface area contributed by atoms with E-state index in [9.17, 15) is 29.4 Å². The molecule has 1 aromatic carbocycles. The Hall–Kier alpha value is -3.87. The highest BCUT2D eigenvalue weighted by Crippen LogP contribution is 2.12. The second kappa shape index (κ2) is 12.7. The van der Waals surface area contributed by atoms with E-state index in [0.717, 1.165) is 0 Å². The number of aromatic hydroxyl groups is 1. The van der Waals surface area contributed by atoms with Crippen molar-refractivity contribution < 1.29 is 34.5 Å². The quantitative estimate of drug-likeness (QED) is 0.0915. The molecule has 11 N–H and O–H groups in total. The number of hydrogen-bond acceptors (Lipinski definition) is 7. The number of aliphatic carboxylic acids is 2. The van der Waals surface area contributed by atoms with Crippen LogP contribution < -0.4 is 27.8 Å². The lowest BCUT2D eigenvalue weighted by Crippen LogP contribution is -2.55. The molecule has 32 heavy (non-hydrogen) atoms. The van der Waals surface area contributed by atoms with Crippen LogP contribution >= 0.6 is 0 Å². The van der Waals surface area contributed by atoms with E-state index in [2.05, 4.69) is 15.6 Å². The van der Waals surface area contributed by atoms with Gasteiger partial charge in [-0.05, 0) is 30.5 Å². The van der Waals surface area contributed by atoms with Crippen LogP contribution in [0.1, 0.15) is 24.8 Å². The number of carboxylic acid groups (broad SMARTS) is 2. The van der Waals surface area contributed by atoms with Gasteiger partial charge in [0.1, 0.15) is 17.8 Å². The number of amides is 2. The Morgan fingerprint density at radius 2 is 1.56 bits per heavy atom. The highest BCUT2D eigenvalue weighted by Gasteiger charge is 2.28. The van der Waals surface area contributed by atoms with Crippen LogP contribution in [0, 0.1) is 0 Å². The molecule has 0 fully saturated rings. The number of carbonyl (C=O) groups is 4. The Morgan fingerprint density at radius 1 is 0.969 bits per heavy atom. The number of aliphatic imine (C=N–C) groups is 1. The van der Waals surface area contributed by atoms with Crippen LogP contribution in [-0.2, 0) is 25.6 Å². The highest BCUT2D eigenvalue weighted by atomic mass is 16.4. The molecule has 176 valence electrons. The van der Waals surface area contributed by atoms with Crippen LogP contribution in [-0.4, -0.2) is 69.7 Å². The minimum atomic E-state index is -1.40.